The summed E-state index contributed by atoms with van der Waals surface area (Å²) in [7, 11) is 0. The molecule has 1 heteroatoms. The van der Waals surface area contributed by atoms with Gasteiger partial charge >= 0.3 is 0 Å². The van der Waals surface area contributed by atoms with E-state index < -0.39 is 0 Å². The van der Waals surface area contributed by atoms with Crippen LogP contribution in [0, 0.1) is 0 Å². The maximum Gasteiger partial charge on any atom is 0.0165 e. The molecule has 0 bridgehead atoms. The van der Waals surface area contributed by atoms with Crippen molar-refractivity contribution in [2.24, 2.45) is 0 Å². The smallest absolute Gasteiger partial charge is 0.0165 e. The number of hydrogen-bond acceptors (Lipinski definition) is 1. The highest BCUT2D eigenvalue weighted by atomic mass is 32.1. The average molecular weight is 88.2 g/mol. The highest BCUT2D eigenvalue weighted by molar-refractivity contribution is 7.81. The standard InChI is InChI=1S/C4H8S/c1-3-4(2)5/h3-5H,1H2,2H3/t4-/m0/s1. The minimum absolute atomic E-state index is 0.343. The third kappa shape index (κ3) is 4.09. The Morgan fingerprint density at radius 1 is 2.00 bits per heavy atom. The van der Waals surface area contributed by atoms with Gasteiger partial charge in [0, 0.05) is 5.25 Å². The molecule has 0 aromatic rings. The quantitative estimate of drug-likeness (QED) is 0.364. The largest absolute Gasteiger partial charge is 0.172 e. The van der Waals surface area contributed by atoms with Gasteiger partial charge in [-0.2, -0.15) is 12.6 Å². The minimum atomic E-state index is 0.343. The molecular weight excluding hydrogens is 80.1 g/mol. The van der Waals surface area contributed by atoms with Crippen molar-refractivity contribution in [2.75, 3.05) is 0 Å². The first-order valence-corrected chi connectivity index (χ1v) is 2.09. The molecule has 0 N–H and O–H groups in total. The molecule has 0 aliphatic rings. The van der Waals surface area contributed by atoms with Crippen LogP contribution in [0.2, 0.25) is 0 Å². The Bertz CT molecular complexity index is 30.6. The van der Waals surface area contributed by atoms with Gasteiger partial charge in [-0.25, -0.2) is 0 Å². The predicted molar refractivity (Wildman–Crippen MR) is 28.6 cm³/mol. The van der Waals surface area contributed by atoms with E-state index in [1.807, 2.05) is 6.92 Å². The highest BCUT2D eigenvalue weighted by Gasteiger charge is 1.74. The second-order valence-electron chi connectivity index (χ2n) is 0.976. The first kappa shape index (κ1) is 5.09. The van der Waals surface area contributed by atoms with E-state index in [0.717, 1.165) is 0 Å². The number of hydrogen-bond donors (Lipinski definition) is 1. The van der Waals surface area contributed by atoms with Crippen LogP contribution in [0.5, 0.6) is 0 Å². The van der Waals surface area contributed by atoms with E-state index in [1.54, 1.807) is 6.08 Å². The van der Waals surface area contributed by atoms with Crippen LogP contribution in [0.25, 0.3) is 0 Å². The molecule has 0 nitrogen and oxygen atoms in total. The van der Waals surface area contributed by atoms with Crippen LogP contribution in [0.3, 0.4) is 0 Å². The van der Waals surface area contributed by atoms with E-state index in [2.05, 4.69) is 19.2 Å². The molecule has 0 rings (SSSR count). The second-order valence-corrected chi connectivity index (χ2v) is 1.79. The van der Waals surface area contributed by atoms with Gasteiger partial charge in [0.15, 0.2) is 0 Å². The van der Waals surface area contributed by atoms with Gasteiger partial charge in [-0.3, -0.25) is 0 Å². The van der Waals surface area contributed by atoms with Gasteiger partial charge in [0.2, 0.25) is 0 Å². The lowest BCUT2D eigenvalue weighted by atomic mass is 10.5. The van der Waals surface area contributed by atoms with Crippen LogP contribution < -0.4 is 0 Å². The third-order valence-electron chi connectivity index (χ3n) is 0.341. The molecule has 0 fully saturated rings. The summed E-state index contributed by atoms with van der Waals surface area (Å²) in [5.41, 5.74) is 0. The van der Waals surface area contributed by atoms with Gasteiger partial charge in [-0.15, -0.1) is 6.58 Å². The molecule has 0 saturated carbocycles. The zero-order valence-corrected chi connectivity index (χ0v) is 4.20. The molecule has 5 heavy (non-hydrogen) atoms. The van der Waals surface area contributed by atoms with Crippen molar-refractivity contribution in [3.8, 4) is 0 Å². The van der Waals surface area contributed by atoms with E-state index in [0.29, 0.717) is 5.25 Å². The van der Waals surface area contributed by atoms with Gasteiger partial charge in [-0.1, -0.05) is 13.0 Å². The predicted octanol–water partition coefficient (Wildman–Crippen LogP) is 1.49. The van der Waals surface area contributed by atoms with E-state index in [9.17, 15) is 0 Å². The van der Waals surface area contributed by atoms with Crippen LogP contribution in [0.15, 0.2) is 12.7 Å². The maximum atomic E-state index is 3.98. The van der Waals surface area contributed by atoms with Crippen molar-refractivity contribution in [3.05, 3.63) is 12.7 Å². The molecule has 30 valence electrons. The Morgan fingerprint density at radius 3 is 2.20 bits per heavy atom. The monoisotopic (exact) mass is 88.0 g/mol. The van der Waals surface area contributed by atoms with Gasteiger partial charge in [0.25, 0.3) is 0 Å². The van der Waals surface area contributed by atoms with Crippen molar-refractivity contribution < 1.29 is 0 Å². The van der Waals surface area contributed by atoms with Crippen LogP contribution in [-0.4, -0.2) is 5.25 Å². The molecule has 0 saturated heterocycles. The van der Waals surface area contributed by atoms with Crippen molar-refractivity contribution in [1.29, 1.82) is 0 Å². The van der Waals surface area contributed by atoms with Crippen LogP contribution in [-0.2, 0) is 0 Å². The van der Waals surface area contributed by atoms with E-state index in [1.165, 1.54) is 0 Å². The van der Waals surface area contributed by atoms with Gasteiger partial charge < -0.3 is 0 Å². The lowest BCUT2D eigenvalue weighted by Gasteiger charge is -1.83. The fourth-order valence-electron chi connectivity index (χ4n) is 0. The fraction of sp³-hybridized carbons (Fsp3) is 0.500. The van der Waals surface area contributed by atoms with Crippen molar-refractivity contribution in [3.63, 3.8) is 0 Å². The van der Waals surface area contributed by atoms with Crippen LogP contribution in [0.1, 0.15) is 6.92 Å². The summed E-state index contributed by atoms with van der Waals surface area (Å²) in [6.07, 6.45) is 1.78. The molecule has 0 aliphatic carbocycles. The molecule has 0 heterocycles. The summed E-state index contributed by atoms with van der Waals surface area (Å²) >= 11 is 3.98. The molecule has 0 aromatic carbocycles. The lowest BCUT2D eigenvalue weighted by molar-refractivity contribution is 1.27. The Labute approximate surface area is 38.3 Å². The van der Waals surface area contributed by atoms with Crippen molar-refractivity contribution in [2.45, 2.75) is 12.2 Å². The first-order valence-electron chi connectivity index (χ1n) is 1.58. The molecule has 0 spiro atoms. The summed E-state index contributed by atoms with van der Waals surface area (Å²) in [5.74, 6) is 0. The second kappa shape index (κ2) is 2.33. The normalized spacial score (nSPS) is 14.0. The summed E-state index contributed by atoms with van der Waals surface area (Å²) in [6, 6.07) is 0. The number of thiol groups is 1. The highest BCUT2D eigenvalue weighted by Crippen LogP contribution is 1.88. The van der Waals surface area contributed by atoms with Gasteiger partial charge in [0.1, 0.15) is 0 Å². The molecule has 0 radical (unpaired) electrons. The van der Waals surface area contributed by atoms with Crippen molar-refractivity contribution in [1.82, 2.24) is 0 Å². The van der Waals surface area contributed by atoms with Crippen LogP contribution >= 0.6 is 12.6 Å². The lowest BCUT2D eigenvalue weighted by Crippen LogP contribution is -1.75. The SMILES string of the molecule is C=C[C@H](C)S. The minimum Gasteiger partial charge on any atom is -0.172 e. The Hall–Kier alpha value is 0.0900. The summed E-state index contributed by atoms with van der Waals surface area (Å²) in [6.45, 7) is 5.45. The summed E-state index contributed by atoms with van der Waals surface area (Å²) in [5, 5.41) is 0.343. The maximum absolute atomic E-state index is 3.98. The van der Waals surface area contributed by atoms with Gasteiger partial charge in [-0.05, 0) is 0 Å². The summed E-state index contributed by atoms with van der Waals surface area (Å²) < 4.78 is 0. The van der Waals surface area contributed by atoms with E-state index in [-0.39, 0.29) is 0 Å². The molecule has 0 aromatic heterocycles. The zero-order chi connectivity index (χ0) is 4.28. The van der Waals surface area contributed by atoms with Crippen molar-refractivity contribution >= 4 is 12.6 Å². The van der Waals surface area contributed by atoms with E-state index in [4.69, 9.17) is 0 Å². The third-order valence-corrected chi connectivity index (χ3v) is 0.552. The fourth-order valence-corrected chi connectivity index (χ4v) is 0. The average Bonchev–Trinajstić information content (AvgIpc) is 1.38. The first-order chi connectivity index (χ1) is 2.27. The van der Waals surface area contributed by atoms with Gasteiger partial charge in [0.05, 0.1) is 0 Å². The Kier molecular flexibility index (Phi) is 2.38. The molecule has 0 aliphatic heterocycles. The zero-order valence-electron chi connectivity index (χ0n) is 3.31. The Balaban J connectivity index is 2.83. The Morgan fingerprint density at radius 2 is 2.20 bits per heavy atom. The molecule has 0 unspecified atom stereocenters. The summed E-state index contributed by atoms with van der Waals surface area (Å²) in [4.78, 5) is 0. The molecule has 1 atom stereocenters. The number of rotatable bonds is 1. The molecule has 0 amide bonds. The van der Waals surface area contributed by atoms with E-state index >= 15 is 0 Å². The topological polar surface area (TPSA) is 0 Å². The van der Waals surface area contributed by atoms with Crippen LogP contribution in [0.4, 0.5) is 0 Å². The molecular formula is C4H8S.